The fourth-order valence-corrected chi connectivity index (χ4v) is 3.14. The lowest BCUT2D eigenvalue weighted by atomic mass is 10.1. The van der Waals surface area contributed by atoms with Crippen LogP contribution in [0.2, 0.25) is 5.02 Å². The molecule has 108 valence electrons. The third-order valence-corrected chi connectivity index (χ3v) is 4.22. The van der Waals surface area contributed by atoms with E-state index in [1.165, 1.54) is 4.90 Å². The molecule has 4 heteroatoms. The van der Waals surface area contributed by atoms with Gasteiger partial charge >= 0.3 is 0 Å². The molecule has 1 aliphatic rings. The minimum atomic E-state index is -0.972. The van der Waals surface area contributed by atoms with Crippen LogP contribution in [0.3, 0.4) is 0 Å². The molecular formula is C17H16ClNO2. The summed E-state index contributed by atoms with van der Waals surface area (Å²) in [5.74, 6) is -0.163. The van der Waals surface area contributed by atoms with Gasteiger partial charge in [0.25, 0.3) is 5.91 Å². The normalized spacial score (nSPS) is 18.7. The van der Waals surface area contributed by atoms with Crippen LogP contribution in [0.25, 0.3) is 0 Å². The van der Waals surface area contributed by atoms with E-state index in [2.05, 4.69) is 0 Å². The molecule has 2 aromatic rings. The Bertz CT molecular complexity index is 672. The van der Waals surface area contributed by atoms with Gasteiger partial charge in [-0.15, -0.1) is 0 Å². The van der Waals surface area contributed by atoms with E-state index in [-0.39, 0.29) is 11.9 Å². The minimum Gasteiger partial charge on any atom is -0.369 e. The van der Waals surface area contributed by atoms with Crippen molar-refractivity contribution in [1.82, 2.24) is 4.90 Å². The van der Waals surface area contributed by atoms with Gasteiger partial charge in [-0.2, -0.15) is 0 Å². The van der Waals surface area contributed by atoms with Crippen molar-refractivity contribution in [3.8, 4) is 0 Å². The van der Waals surface area contributed by atoms with Crippen LogP contribution in [0.15, 0.2) is 48.5 Å². The smallest absolute Gasteiger partial charge is 0.256 e. The molecule has 0 bridgehead atoms. The summed E-state index contributed by atoms with van der Waals surface area (Å²) in [5, 5.41) is 10.9. The molecule has 1 amide bonds. The molecule has 0 aliphatic carbocycles. The van der Waals surface area contributed by atoms with Crippen LogP contribution < -0.4 is 0 Å². The maximum atomic E-state index is 12.5. The summed E-state index contributed by atoms with van der Waals surface area (Å²) in [4.78, 5) is 14.0. The zero-order valence-electron chi connectivity index (χ0n) is 11.7. The molecule has 1 aliphatic heterocycles. The van der Waals surface area contributed by atoms with Crippen molar-refractivity contribution in [2.75, 3.05) is 0 Å². The summed E-state index contributed by atoms with van der Waals surface area (Å²) in [6.45, 7) is 1.94. The first-order valence-corrected chi connectivity index (χ1v) is 7.30. The predicted octanol–water partition coefficient (Wildman–Crippen LogP) is 3.42. The first-order valence-electron chi connectivity index (χ1n) is 6.92. The molecule has 0 spiro atoms. The predicted molar refractivity (Wildman–Crippen MR) is 82.2 cm³/mol. The Hall–Kier alpha value is -1.84. The van der Waals surface area contributed by atoms with Gasteiger partial charge in [0.1, 0.15) is 0 Å². The number of benzene rings is 2. The van der Waals surface area contributed by atoms with E-state index in [9.17, 15) is 9.90 Å². The van der Waals surface area contributed by atoms with Gasteiger partial charge < -0.3 is 10.0 Å². The maximum absolute atomic E-state index is 12.5. The number of fused-ring (bicyclic) bond motifs is 1. The van der Waals surface area contributed by atoms with E-state index in [1.54, 1.807) is 18.2 Å². The zero-order chi connectivity index (χ0) is 15.0. The van der Waals surface area contributed by atoms with Gasteiger partial charge in [0.15, 0.2) is 6.23 Å². The van der Waals surface area contributed by atoms with E-state index in [0.717, 1.165) is 5.56 Å². The first kappa shape index (κ1) is 14.1. The second kappa shape index (κ2) is 5.51. The number of carbonyl (C=O) groups excluding carboxylic acids is 1. The van der Waals surface area contributed by atoms with Gasteiger partial charge in [-0.05, 0) is 31.0 Å². The lowest BCUT2D eigenvalue weighted by Gasteiger charge is -2.28. The summed E-state index contributed by atoms with van der Waals surface area (Å²) in [6, 6.07) is 15.0. The molecule has 2 atom stereocenters. The van der Waals surface area contributed by atoms with E-state index >= 15 is 0 Å². The lowest BCUT2D eigenvalue weighted by molar-refractivity contribution is 0.000445. The number of hydrogen-bond acceptors (Lipinski definition) is 2. The summed E-state index contributed by atoms with van der Waals surface area (Å²) < 4.78 is 0. The van der Waals surface area contributed by atoms with Crippen molar-refractivity contribution in [2.24, 2.45) is 0 Å². The van der Waals surface area contributed by atoms with E-state index in [1.807, 2.05) is 37.3 Å². The molecule has 21 heavy (non-hydrogen) atoms. The standard InChI is InChI=1S/C17H16ClNO2/c1-11(10-12-6-3-2-4-7-12)19-16(20)13-8-5-9-14(18)15(13)17(19)21/h2-9,11,17,21H,10H2,1H3. The molecule has 1 heterocycles. The molecule has 1 N–H and O–H groups in total. The molecule has 0 radical (unpaired) electrons. The van der Waals surface area contributed by atoms with Crippen molar-refractivity contribution in [3.05, 3.63) is 70.2 Å². The van der Waals surface area contributed by atoms with Crippen LogP contribution in [0.1, 0.15) is 34.6 Å². The van der Waals surface area contributed by atoms with Crippen LogP contribution in [0.5, 0.6) is 0 Å². The quantitative estimate of drug-likeness (QED) is 0.943. The highest BCUT2D eigenvalue weighted by atomic mass is 35.5. The van der Waals surface area contributed by atoms with Gasteiger partial charge in [-0.3, -0.25) is 4.79 Å². The lowest BCUT2D eigenvalue weighted by Crippen LogP contribution is -2.37. The summed E-state index contributed by atoms with van der Waals surface area (Å²) in [5.41, 5.74) is 2.14. The third-order valence-electron chi connectivity index (χ3n) is 3.89. The topological polar surface area (TPSA) is 40.5 Å². The number of nitrogens with zero attached hydrogens (tertiary/aromatic N) is 1. The first-order chi connectivity index (χ1) is 10.1. The average molecular weight is 302 g/mol. The highest BCUT2D eigenvalue weighted by Crippen LogP contribution is 2.38. The van der Waals surface area contributed by atoms with Crippen molar-refractivity contribution in [1.29, 1.82) is 0 Å². The van der Waals surface area contributed by atoms with Gasteiger partial charge in [0.2, 0.25) is 0 Å². The summed E-state index contributed by atoms with van der Waals surface area (Å²) in [7, 11) is 0. The fraction of sp³-hybridized carbons (Fsp3) is 0.235. The second-order valence-corrected chi connectivity index (χ2v) is 5.73. The molecule has 2 aromatic carbocycles. The van der Waals surface area contributed by atoms with E-state index in [4.69, 9.17) is 11.6 Å². The van der Waals surface area contributed by atoms with E-state index in [0.29, 0.717) is 22.6 Å². The highest BCUT2D eigenvalue weighted by Gasteiger charge is 2.39. The Balaban J connectivity index is 1.87. The Labute approximate surface area is 128 Å². The summed E-state index contributed by atoms with van der Waals surface area (Å²) >= 11 is 6.12. The fourth-order valence-electron chi connectivity index (χ4n) is 2.87. The number of aliphatic hydroxyl groups excluding tert-OH is 1. The molecule has 2 unspecified atom stereocenters. The van der Waals surface area contributed by atoms with Crippen molar-refractivity contribution in [2.45, 2.75) is 25.6 Å². The van der Waals surface area contributed by atoms with Crippen molar-refractivity contribution < 1.29 is 9.90 Å². The van der Waals surface area contributed by atoms with Crippen LogP contribution >= 0.6 is 11.6 Å². The molecule has 3 rings (SSSR count). The van der Waals surface area contributed by atoms with Crippen LogP contribution in [0.4, 0.5) is 0 Å². The number of amides is 1. The number of aliphatic hydroxyl groups is 1. The maximum Gasteiger partial charge on any atom is 0.256 e. The Kier molecular flexibility index (Phi) is 3.70. The van der Waals surface area contributed by atoms with Crippen LogP contribution in [0, 0.1) is 0 Å². The minimum absolute atomic E-state index is 0.113. The number of carbonyl (C=O) groups is 1. The van der Waals surface area contributed by atoms with Gasteiger partial charge in [-0.25, -0.2) is 0 Å². The van der Waals surface area contributed by atoms with E-state index < -0.39 is 6.23 Å². The van der Waals surface area contributed by atoms with Gasteiger partial charge in [0.05, 0.1) is 0 Å². The van der Waals surface area contributed by atoms with Gasteiger partial charge in [0, 0.05) is 22.2 Å². The van der Waals surface area contributed by atoms with Crippen molar-refractivity contribution in [3.63, 3.8) is 0 Å². The molecular weight excluding hydrogens is 286 g/mol. The number of hydrogen-bond donors (Lipinski definition) is 1. The largest absolute Gasteiger partial charge is 0.369 e. The highest BCUT2D eigenvalue weighted by molar-refractivity contribution is 6.32. The molecule has 0 fully saturated rings. The second-order valence-electron chi connectivity index (χ2n) is 5.33. The Morgan fingerprint density at radius 2 is 1.90 bits per heavy atom. The molecule has 3 nitrogen and oxygen atoms in total. The van der Waals surface area contributed by atoms with Crippen LogP contribution in [-0.4, -0.2) is 22.0 Å². The van der Waals surface area contributed by atoms with Crippen molar-refractivity contribution >= 4 is 17.5 Å². The molecule has 0 saturated heterocycles. The molecule has 0 saturated carbocycles. The Morgan fingerprint density at radius 3 is 2.57 bits per heavy atom. The number of rotatable bonds is 3. The summed E-state index contributed by atoms with van der Waals surface area (Å²) in [6.07, 6.45) is -0.283. The third kappa shape index (κ3) is 2.43. The SMILES string of the molecule is CC(Cc1ccccc1)N1C(=O)c2cccc(Cl)c2C1O. The van der Waals surface area contributed by atoms with Crippen LogP contribution in [-0.2, 0) is 6.42 Å². The average Bonchev–Trinajstić information content (AvgIpc) is 2.73. The Morgan fingerprint density at radius 1 is 1.19 bits per heavy atom. The van der Waals surface area contributed by atoms with Gasteiger partial charge in [-0.1, -0.05) is 48.0 Å². The zero-order valence-corrected chi connectivity index (χ0v) is 12.4. The monoisotopic (exact) mass is 301 g/mol. The number of halogens is 1. The molecule has 0 aromatic heterocycles.